The van der Waals surface area contributed by atoms with Crippen LogP contribution in [0.3, 0.4) is 0 Å². The van der Waals surface area contributed by atoms with Crippen molar-refractivity contribution in [1.29, 1.82) is 0 Å². The van der Waals surface area contributed by atoms with Gasteiger partial charge in [0.1, 0.15) is 12.4 Å². The zero-order chi connectivity index (χ0) is 13.9. The van der Waals surface area contributed by atoms with Gasteiger partial charge in [0.05, 0.1) is 26.5 Å². The third-order valence-electron chi connectivity index (χ3n) is 2.93. The maximum absolute atomic E-state index is 5.90. The van der Waals surface area contributed by atoms with Crippen LogP contribution in [-0.2, 0) is 0 Å². The van der Waals surface area contributed by atoms with Gasteiger partial charge in [-0.15, -0.1) is 29.1 Å². The summed E-state index contributed by atoms with van der Waals surface area (Å²) in [6.45, 7) is 3.96. The molecule has 3 rings (SSSR count). The largest absolute Gasteiger partial charge is 0.492 e. The van der Waals surface area contributed by atoms with Crippen molar-refractivity contribution in [3.8, 4) is 18.1 Å². The van der Waals surface area contributed by atoms with Gasteiger partial charge in [-0.2, -0.15) is 0 Å². The number of rotatable bonds is 5. The van der Waals surface area contributed by atoms with Crippen molar-refractivity contribution in [2.24, 2.45) is 0 Å². The first-order chi connectivity index (χ1) is 9.79. The molecule has 0 fully saturated rings. The van der Waals surface area contributed by atoms with Crippen LogP contribution in [0.4, 0.5) is 0 Å². The SMILES string of the molecule is C#CCNCCOc1cc2sc(C)nc2c2sccc12. The lowest BCUT2D eigenvalue weighted by atomic mass is 10.2. The van der Waals surface area contributed by atoms with Crippen LogP contribution in [0, 0.1) is 19.3 Å². The highest BCUT2D eigenvalue weighted by Gasteiger charge is 2.12. The number of benzene rings is 1. The lowest BCUT2D eigenvalue weighted by molar-refractivity contribution is 0.321. The van der Waals surface area contributed by atoms with Gasteiger partial charge in [0.15, 0.2) is 0 Å². The van der Waals surface area contributed by atoms with Crippen LogP contribution < -0.4 is 10.1 Å². The number of aromatic nitrogens is 1. The Morgan fingerprint density at radius 3 is 3.25 bits per heavy atom. The van der Waals surface area contributed by atoms with E-state index in [0.717, 1.165) is 28.2 Å². The van der Waals surface area contributed by atoms with E-state index in [2.05, 4.69) is 33.7 Å². The minimum atomic E-state index is 0.574. The van der Waals surface area contributed by atoms with E-state index < -0.39 is 0 Å². The number of terminal acetylenes is 1. The average molecular weight is 302 g/mol. The molecule has 0 bridgehead atoms. The number of nitrogens with zero attached hydrogens (tertiary/aromatic N) is 1. The predicted molar refractivity (Wildman–Crippen MR) is 86.9 cm³/mol. The Morgan fingerprint density at radius 2 is 2.40 bits per heavy atom. The molecule has 0 aliphatic rings. The number of ether oxygens (including phenoxy) is 1. The fourth-order valence-corrected chi connectivity index (χ4v) is 3.93. The maximum Gasteiger partial charge on any atom is 0.129 e. The molecule has 20 heavy (non-hydrogen) atoms. The Kier molecular flexibility index (Phi) is 3.88. The number of hydrogen-bond donors (Lipinski definition) is 1. The molecule has 3 aromatic rings. The number of hydrogen-bond acceptors (Lipinski definition) is 5. The summed E-state index contributed by atoms with van der Waals surface area (Å²) in [6, 6.07) is 4.19. The second kappa shape index (κ2) is 5.80. The van der Waals surface area contributed by atoms with Crippen LogP contribution in [0.1, 0.15) is 5.01 Å². The van der Waals surface area contributed by atoms with Crippen LogP contribution in [0.25, 0.3) is 20.3 Å². The summed E-state index contributed by atoms with van der Waals surface area (Å²) < 4.78 is 8.29. The third kappa shape index (κ3) is 2.50. The smallest absolute Gasteiger partial charge is 0.129 e. The summed E-state index contributed by atoms with van der Waals surface area (Å²) in [7, 11) is 0. The predicted octanol–water partition coefficient (Wildman–Crippen LogP) is 3.42. The number of thiazole rings is 1. The van der Waals surface area contributed by atoms with E-state index in [1.165, 1.54) is 9.40 Å². The zero-order valence-corrected chi connectivity index (χ0v) is 12.7. The van der Waals surface area contributed by atoms with Crippen molar-refractivity contribution in [2.75, 3.05) is 19.7 Å². The van der Waals surface area contributed by atoms with Crippen molar-refractivity contribution < 1.29 is 4.74 Å². The summed E-state index contributed by atoms with van der Waals surface area (Å²) in [4.78, 5) is 4.61. The summed E-state index contributed by atoms with van der Waals surface area (Å²) in [5, 5.41) is 7.43. The van der Waals surface area contributed by atoms with Gasteiger partial charge in [-0.05, 0) is 18.4 Å². The van der Waals surface area contributed by atoms with Gasteiger partial charge in [-0.1, -0.05) is 5.92 Å². The van der Waals surface area contributed by atoms with Crippen LogP contribution in [0.15, 0.2) is 17.5 Å². The van der Waals surface area contributed by atoms with Crippen molar-refractivity contribution in [3.05, 3.63) is 22.5 Å². The molecular weight excluding hydrogens is 288 g/mol. The number of fused-ring (bicyclic) bond motifs is 3. The number of thiophene rings is 1. The Labute approximate surface area is 125 Å². The zero-order valence-electron chi connectivity index (χ0n) is 11.1. The Bertz CT molecular complexity index is 782. The van der Waals surface area contributed by atoms with Gasteiger partial charge in [0, 0.05) is 18.0 Å². The van der Waals surface area contributed by atoms with Crippen LogP contribution in [0.2, 0.25) is 0 Å². The second-order valence-electron chi connectivity index (χ2n) is 4.35. The normalized spacial score (nSPS) is 11.0. The molecule has 0 radical (unpaired) electrons. The highest BCUT2D eigenvalue weighted by Crippen LogP contribution is 2.38. The summed E-state index contributed by atoms with van der Waals surface area (Å²) >= 11 is 3.42. The number of nitrogens with one attached hydrogen (secondary N) is 1. The second-order valence-corrected chi connectivity index (χ2v) is 6.50. The lowest BCUT2D eigenvalue weighted by Gasteiger charge is -2.08. The fourth-order valence-electron chi connectivity index (χ4n) is 2.10. The summed E-state index contributed by atoms with van der Waals surface area (Å²) in [6.07, 6.45) is 5.19. The Morgan fingerprint density at radius 1 is 1.50 bits per heavy atom. The molecule has 3 nitrogen and oxygen atoms in total. The quantitative estimate of drug-likeness (QED) is 0.579. The van der Waals surface area contributed by atoms with Crippen LogP contribution >= 0.6 is 22.7 Å². The molecule has 0 aliphatic heterocycles. The molecule has 0 saturated heterocycles. The third-order valence-corrected chi connectivity index (χ3v) is 4.77. The molecule has 0 unspecified atom stereocenters. The van der Waals surface area contributed by atoms with Crippen LogP contribution in [0.5, 0.6) is 5.75 Å². The fraction of sp³-hybridized carbons (Fsp3) is 0.267. The molecule has 0 spiro atoms. The van der Waals surface area contributed by atoms with E-state index >= 15 is 0 Å². The topological polar surface area (TPSA) is 34.1 Å². The van der Waals surface area contributed by atoms with E-state index in [1.807, 2.05) is 6.92 Å². The first kappa shape index (κ1) is 13.4. The summed E-state index contributed by atoms with van der Waals surface area (Å²) in [5.41, 5.74) is 1.09. The molecule has 2 aromatic heterocycles. The van der Waals surface area contributed by atoms with E-state index in [9.17, 15) is 0 Å². The maximum atomic E-state index is 5.90. The molecular formula is C15H14N2OS2. The van der Waals surface area contributed by atoms with Gasteiger partial charge in [-0.25, -0.2) is 4.98 Å². The Hall–Kier alpha value is -1.61. The molecule has 2 heterocycles. The molecule has 0 aliphatic carbocycles. The molecule has 0 atom stereocenters. The molecule has 102 valence electrons. The van der Waals surface area contributed by atoms with Crippen molar-refractivity contribution in [3.63, 3.8) is 0 Å². The molecule has 0 saturated carbocycles. The minimum Gasteiger partial charge on any atom is -0.492 e. The highest BCUT2D eigenvalue weighted by molar-refractivity contribution is 7.21. The van der Waals surface area contributed by atoms with Gasteiger partial charge in [0.25, 0.3) is 0 Å². The molecule has 5 heteroatoms. The van der Waals surface area contributed by atoms with Gasteiger partial charge < -0.3 is 10.1 Å². The van der Waals surface area contributed by atoms with E-state index in [1.54, 1.807) is 22.7 Å². The standard InChI is InChI=1S/C15H14N2OS2/c1-3-5-16-6-7-18-12-9-13-14(17-10(2)20-13)15-11(12)4-8-19-15/h1,4,8-9,16H,5-7H2,2H3. The van der Waals surface area contributed by atoms with Gasteiger partial charge in [-0.3, -0.25) is 0 Å². The Balaban J connectivity index is 1.89. The lowest BCUT2D eigenvalue weighted by Crippen LogP contribution is -2.21. The van der Waals surface area contributed by atoms with Gasteiger partial charge in [0.2, 0.25) is 0 Å². The number of aryl methyl sites for hydroxylation is 1. The van der Waals surface area contributed by atoms with E-state index in [-0.39, 0.29) is 0 Å². The van der Waals surface area contributed by atoms with Crippen molar-refractivity contribution >= 4 is 43.0 Å². The van der Waals surface area contributed by atoms with Crippen LogP contribution in [-0.4, -0.2) is 24.7 Å². The van der Waals surface area contributed by atoms with Gasteiger partial charge >= 0.3 is 0 Å². The summed E-state index contributed by atoms with van der Waals surface area (Å²) in [5.74, 6) is 3.48. The van der Waals surface area contributed by atoms with E-state index in [4.69, 9.17) is 11.2 Å². The first-order valence-corrected chi connectivity index (χ1v) is 8.03. The monoisotopic (exact) mass is 302 g/mol. The van der Waals surface area contributed by atoms with E-state index in [0.29, 0.717) is 13.2 Å². The minimum absolute atomic E-state index is 0.574. The molecule has 1 aromatic carbocycles. The first-order valence-electron chi connectivity index (χ1n) is 6.34. The highest BCUT2D eigenvalue weighted by atomic mass is 32.1. The molecule has 0 amide bonds. The van der Waals surface area contributed by atoms with Crippen molar-refractivity contribution in [2.45, 2.75) is 6.92 Å². The average Bonchev–Trinajstić information content (AvgIpc) is 3.03. The molecule has 1 N–H and O–H groups in total. The van der Waals surface area contributed by atoms with Crippen molar-refractivity contribution in [1.82, 2.24) is 10.3 Å².